The Bertz CT molecular complexity index is 468. The van der Waals surface area contributed by atoms with Gasteiger partial charge < -0.3 is 4.90 Å². The van der Waals surface area contributed by atoms with Gasteiger partial charge in [-0.1, -0.05) is 18.2 Å². The first-order valence-electron chi connectivity index (χ1n) is 7.23. The number of carbonyl (C=O) groups is 1. The van der Waals surface area contributed by atoms with Gasteiger partial charge in [0.05, 0.1) is 0 Å². The fraction of sp³-hybridized carbons (Fsp3) is 0.562. The second-order valence-corrected chi connectivity index (χ2v) is 6.93. The molecule has 1 atom stereocenters. The lowest BCUT2D eigenvalue weighted by molar-refractivity contribution is -0.119. The van der Waals surface area contributed by atoms with Gasteiger partial charge in [-0.15, -0.1) is 0 Å². The molecule has 1 fully saturated rings. The molecular weight excluding hydrogens is 254 g/mol. The molecule has 0 spiro atoms. The lowest BCUT2D eigenvalue weighted by Crippen LogP contribution is -2.37. The minimum Gasteiger partial charge on any atom is -0.309 e. The number of nitrogens with zero attached hydrogens (tertiary/aromatic N) is 1. The van der Waals surface area contributed by atoms with Crippen LogP contribution in [0.4, 0.5) is 5.69 Å². The van der Waals surface area contributed by atoms with Crippen LogP contribution in [0, 0.1) is 5.92 Å². The molecule has 1 aromatic rings. The van der Waals surface area contributed by atoms with Crippen molar-refractivity contribution in [2.24, 2.45) is 5.92 Å². The van der Waals surface area contributed by atoms with E-state index in [0.717, 1.165) is 18.5 Å². The number of hydrogen-bond donors (Lipinski definition) is 0. The standard InChI is InChI=1S/C16H21NOS/c1-12-10-14-4-2-3-5-15(14)17(12)16(18)11-13-6-8-19-9-7-13/h2-5,12-13H,6-11H2,1H3. The third kappa shape index (κ3) is 2.66. The Balaban J connectivity index is 1.72. The van der Waals surface area contributed by atoms with E-state index in [-0.39, 0.29) is 0 Å². The summed E-state index contributed by atoms with van der Waals surface area (Å²) in [5.74, 6) is 3.39. The van der Waals surface area contributed by atoms with Gasteiger partial charge in [0.1, 0.15) is 0 Å². The lowest BCUT2D eigenvalue weighted by atomic mass is 9.98. The average molecular weight is 275 g/mol. The quantitative estimate of drug-likeness (QED) is 0.823. The summed E-state index contributed by atoms with van der Waals surface area (Å²) in [6, 6.07) is 8.67. The first kappa shape index (κ1) is 13.0. The van der Waals surface area contributed by atoms with Gasteiger partial charge in [0.2, 0.25) is 5.91 Å². The zero-order valence-electron chi connectivity index (χ0n) is 11.5. The molecule has 102 valence electrons. The molecule has 2 nitrogen and oxygen atoms in total. The smallest absolute Gasteiger partial charge is 0.227 e. The second kappa shape index (κ2) is 5.58. The van der Waals surface area contributed by atoms with Crippen LogP contribution >= 0.6 is 11.8 Å². The van der Waals surface area contributed by atoms with Crippen molar-refractivity contribution in [2.75, 3.05) is 16.4 Å². The van der Waals surface area contributed by atoms with E-state index < -0.39 is 0 Å². The number of thioether (sulfide) groups is 1. The van der Waals surface area contributed by atoms with E-state index in [1.54, 1.807) is 0 Å². The van der Waals surface area contributed by atoms with Crippen LogP contribution in [0.25, 0.3) is 0 Å². The summed E-state index contributed by atoms with van der Waals surface area (Å²) in [7, 11) is 0. The topological polar surface area (TPSA) is 20.3 Å². The van der Waals surface area contributed by atoms with Gasteiger partial charge >= 0.3 is 0 Å². The molecule has 2 aliphatic rings. The first-order valence-corrected chi connectivity index (χ1v) is 8.39. The molecule has 0 aliphatic carbocycles. The van der Waals surface area contributed by atoms with E-state index in [0.29, 0.717) is 17.9 Å². The van der Waals surface area contributed by atoms with Gasteiger partial charge in [0, 0.05) is 18.2 Å². The van der Waals surface area contributed by atoms with Crippen molar-refractivity contribution in [3.05, 3.63) is 29.8 Å². The maximum atomic E-state index is 12.6. The normalized spacial score (nSPS) is 23.4. The molecule has 3 heteroatoms. The molecule has 1 amide bonds. The molecule has 0 N–H and O–H groups in total. The van der Waals surface area contributed by atoms with Crippen molar-refractivity contribution in [1.29, 1.82) is 0 Å². The number of amides is 1. The van der Waals surface area contributed by atoms with Crippen LogP contribution in [0.2, 0.25) is 0 Å². The largest absolute Gasteiger partial charge is 0.309 e. The fourth-order valence-corrected chi connectivity index (χ4v) is 4.45. The van der Waals surface area contributed by atoms with Crippen molar-refractivity contribution >= 4 is 23.4 Å². The van der Waals surface area contributed by atoms with Crippen LogP contribution in [0.5, 0.6) is 0 Å². The maximum Gasteiger partial charge on any atom is 0.227 e. The Morgan fingerprint density at radius 1 is 1.32 bits per heavy atom. The number of carbonyl (C=O) groups excluding carboxylic acids is 1. The minimum atomic E-state index is 0.322. The Morgan fingerprint density at radius 2 is 2.05 bits per heavy atom. The van der Waals surface area contributed by atoms with E-state index in [2.05, 4.69) is 25.1 Å². The lowest BCUT2D eigenvalue weighted by Gasteiger charge is -2.27. The average Bonchev–Trinajstić information content (AvgIpc) is 2.75. The van der Waals surface area contributed by atoms with Crippen LogP contribution < -0.4 is 4.90 Å². The van der Waals surface area contributed by atoms with E-state index >= 15 is 0 Å². The molecule has 2 aliphatic heterocycles. The van der Waals surface area contributed by atoms with E-state index in [9.17, 15) is 4.79 Å². The molecule has 19 heavy (non-hydrogen) atoms. The highest BCUT2D eigenvalue weighted by atomic mass is 32.2. The second-order valence-electron chi connectivity index (χ2n) is 5.71. The number of benzene rings is 1. The molecule has 0 saturated carbocycles. The van der Waals surface area contributed by atoms with Crippen LogP contribution in [0.1, 0.15) is 31.7 Å². The molecule has 0 radical (unpaired) electrons. The summed E-state index contributed by atoms with van der Waals surface area (Å²) >= 11 is 2.02. The van der Waals surface area contributed by atoms with Crippen LogP contribution in [-0.2, 0) is 11.2 Å². The number of anilines is 1. The molecule has 1 aromatic carbocycles. The molecule has 2 heterocycles. The van der Waals surface area contributed by atoms with Crippen molar-refractivity contribution < 1.29 is 4.79 Å². The SMILES string of the molecule is CC1Cc2ccccc2N1C(=O)CC1CCSCC1. The molecule has 3 rings (SSSR count). The van der Waals surface area contributed by atoms with Gasteiger partial charge in [0.15, 0.2) is 0 Å². The predicted octanol–water partition coefficient (Wildman–Crippen LogP) is 3.50. The summed E-state index contributed by atoms with van der Waals surface area (Å²) < 4.78 is 0. The molecule has 0 bridgehead atoms. The fourth-order valence-electron chi connectivity index (χ4n) is 3.24. The number of hydrogen-bond acceptors (Lipinski definition) is 2. The molecule has 0 aromatic heterocycles. The number of rotatable bonds is 2. The van der Waals surface area contributed by atoms with E-state index in [4.69, 9.17) is 0 Å². The Kier molecular flexibility index (Phi) is 3.83. The molecule has 1 saturated heterocycles. The van der Waals surface area contributed by atoms with Gasteiger partial charge in [-0.3, -0.25) is 4.79 Å². The predicted molar refractivity (Wildman–Crippen MR) is 81.8 cm³/mol. The van der Waals surface area contributed by atoms with Crippen molar-refractivity contribution in [1.82, 2.24) is 0 Å². The highest BCUT2D eigenvalue weighted by Gasteiger charge is 2.31. The highest BCUT2D eigenvalue weighted by molar-refractivity contribution is 7.99. The van der Waals surface area contributed by atoms with Gasteiger partial charge in [-0.05, 0) is 55.2 Å². The van der Waals surface area contributed by atoms with Gasteiger partial charge in [0.25, 0.3) is 0 Å². The van der Waals surface area contributed by atoms with Crippen molar-refractivity contribution in [2.45, 2.75) is 38.6 Å². The van der Waals surface area contributed by atoms with Crippen LogP contribution in [-0.4, -0.2) is 23.5 Å². The molecule has 1 unspecified atom stereocenters. The van der Waals surface area contributed by atoms with E-state index in [1.165, 1.54) is 29.9 Å². The summed E-state index contributed by atoms with van der Waals surface area (Å²) in [6.07, 6.45) is 4.15. The third-order valence-electron chi connectivity index (χ3n) is 4.28. The first-order chi connectivity index (χ1) is 9.25. The summed E-state index contributed by atoms with van der Waals surface area (Å²) in [5, 5.41) is 0. The zero-order valence-corrected chi connectivity index (χ0v) is 12.3. The summed E-state index contributed by atoms with van der Waals surface area (Å²) in [6.45, 7) is 2.16. The van der Waals surface area contributed by atoms with Crippen LogP contribution in [0.3, 0.4) is 0 Å². The van der Waals surface area contributed by atoms with E-state index in [1.807, 2.05) is 22.7 Å². The Morgan fingerprint density at radius 3 is 2.84 bits per heavy atom. The number of fused-ring (bicyclic) bond motifs is 1. The monoisotopic (exact) mass is 275 g/mol. The van der Waals surface area contributed by atoms with Crippen LogP contribution in [0.15, 0.2) is 24.3 Å². The Labute approximate surface area is 119 Å². The van der Waals surface area contributed by atoms with Crippen molar-refractivity contribution in [3.8, 4) is 0 Å². The Hall–Kier alpha value is -0.960. The minimum absolute atomic E-state index is 0.322. The van der Waals surface area contributed by atoms with Crippen molar-refractivity contribution in [3.63, 3.8) is 0 Å². The number of para-hydroxylation sites is 1. The highest BCUT2D eigenvalue weighted by Crippen LogP contribution is 2.34. The maximum absolute atomic E-state index is 12.6. The van der Waals surface area contributed by atoms with Gasteiger partial charge in [-0.2, -0.15) is 11.8 Å². The molecular formula is C16H21NOS. The zero-order chi connectivity index (χ0) is 13.2. The summed E-state index contributed by atoms with van der Waals surface area (Å²) in [5.41, 5.74) is 2.47. The third-order valence-corrected chi connectivity index (χ3v) is 5.33. The summed E-state index contributed by atoms with van der Waals surface area (Å²) in [4.78, 5) is 14.6. The van der Waals surface area contributed by atoms with Gasteiger partial charge in [-0.25, -0.2) is 0 Å².